The Balaban J connectivity index is 2.76. The molecule has 14 heavy (non-hydrogen) atoms. The highest BCUT2D eigenvalue weighted by Gasteiger charge is 1.97. The van der Waals surface area contributed by atoms with Gasteiger partial charge in [0.15, 0.2) is 0 Å². The first-order chi connectivity index (χ1) is 6.77. The normalized spacial score (nSPS) is 10.7. The monoisotopic (exact) mass is 209 g/mol. The smallest absolute Gasteiger partial charge is 0.141 e. The van der Waals surface area contributed by atoms with Gasteiger partial charge in [0.2, 0.25) is 0 Å². The van der Waals surface area contributed by atoms with E-state index in [1.807, 2.05) is 24.3 Å². The molecule has 2 nitrogen and oxygen atoms in total. The number of allylic oxidation sites excluding steroid dienone is 1. The summed E-state index contributed by atoms with van der Waals surface area (Å²) in [7, 11) is 1.61. The molecule has 1 rings (SSSR count). The van der Waals surface area contributed by atoms with Gasteiger partial charge in [-0.2, -0.15) is 12.6 Å². The summed E-state index contributed by atoms with van der Waals surface area (Å²) in [6, 6.07) is 5.74. The van der Waals surface area contributed by atoms with Crippen LogP contribution in [0.25, 0.3) is 6.08 Å². The molecule has 0 atom stereocenters. The van der Waals surface area contributed by atoms with Crippen molar-refractivity contribution >= 4 is 24.4 Å². The van der Waals surface area contributed by atoms with Gasteiger partial charge in [-0.3, -0.25) is 0 Å². The first kappa shape index (κ1) is 11.0. The number of hydrogen-bond acceptors (Lipinski definition) is 3. The molecule has 0 aliphatic rings. The first-order valence-corrected chi connectivity index (χ1v) is 5.12. The van der Waals surface area contributed by atoms with Gasteiger partial charge in [0, 0.05) is 0 Å². The molecule has 0 fully saturated rings. The molecule has 0 aromatic heterocycles. The van der Waals surface area contributed by atoms with Crippen LogP contribution in [-0.4, -0.2) is 12.9 Å². The number of nitrogens with two attached hydrogens (primary N) is 1. The Morgan fingerprint density at radius 2 is 2.29 bits per heavy atom. The van der Waals surface area contributed by atoms with Crippen LogP contribution in [0.15, 0.2) is 24.3 Å². The molecule has 0 aliphatic carbocycles. The van der Waals surface area contributed by atoms with Crippen molar-refractivity contribution in [3.05, 3.63) is 29.8 Å². The Labute approximate surface area is 90.2 Å². The summed E-state index contributed by atoms with van der Waals surface area (Å²) in [4.78, 5) is 0. The van der Waals surface area contributed by atoms with E-state index in [4.69, 9.17) is 10.5 Å². The molecule has 0 saturated carbocycles. The molecule has 1 aromatic rings. The molecular formula is C11H15NOS. The fourth-order valence-corrected chi connectivity index (χ4v) is 1.30. The summed E-state index contributed by atoms with van der Waals surface area (Å²) >= 11 is 4.12. The summed E-state index contributed by atoms with van der Waals surface area (Å²) < 4.78 is 5.06. The second-order valence-corrected chi connectivity index (χ2v) is 3.36. The molecule has 0 bridgehead atoms. The highest BCUT2D eigenvalue weighted by molar-refractivity contribution is 7.80. The molecule has 76 valence electrons. The zero-order chi connectivity index (χ0) is 10.4. The maximum absolute atomic E-state index is 5.76. The molecule has 2 N–H and O–H groups in total. The quantitative estimate of drug-likeness (QED) is 0.590. The fraction of sp³-hybridized carbons (Fsp3) is 0.273. The molecule has 0 unspecified atom stereocenters. The Morgan fingerprint density at radius 1 is 1.50 bits per heavy atom. The Morgan fingerprint density at radius 3 is 2.86 bits per heavy atom. The molecule has 0 radical (unpaired) electrons. The SMILES string of the molecule is COc1ccc(C=CCCS)cc1N. The molecule has 0 spiro atoms. The Kier molecular flexibility index (Phi) is 4.40. The molecule has 1 aromatic carbocycles. The van der Waals surface area contributed by atoms with Gasteiger partial charge in [-0.25, -0.2) is 0 Å². The molecule has 0 heterocycles. The van der Waals surface area contributed by atoms with Crippen molar-refractivity contribution in [2.45, 2.75) is 6.42 Å². The van der Waals surface area contributed by atoms with Crippen LogP contribution in [0.2, 0.25) is 0 Å². The van der Waals surface area contributed by atoms with Gasteiger partial charge in [0.25, 0.3) is 0 Å². The average Bonchev–Trinajstić information content (AvgIpc) is 2.18. The topological polar surface area (TPSA) is 35.2 Å². The highest BCUT2D eigenvalue weighted by atomic mass is 32.1. The van der Waals surface area contributed by atoms with Crippen LogP contribution in [0.3, 0.4) is 0 Å². The number of methoxy groups -OCH3 is 1. The minimum atomic E-state index is 0.667. The van der Waals surface area contributed by atoms with Crippen molar-refractivity contribution in [2.24, 2.45) is 0 Å². The van der Waals surface area contributed by atoms with Crippen molar-refractivity contribution in [1.82, 2.24) is 0 Å². The number of nitrogen functional groups attached to an aromatic ring is 1. The summed E-state index contributed by atoms with van der Waals surface area (Å²) in [5.74, 6) is 1.58. The van der Waals surface area contributed by atoms with E-state index in [9.17, 15) is 0 Å². The number of ether oxygens (including phenoxy) is 1. The zero-order valence-corrected chi connectivity index (χ0v) is 9.13. The highest BCUT2D eigenvalue weighted by Crippen LogP contribution is 2.22. The fourth-order valence-electron chi connectivity index (χ4n) is 1.15. The van der Waals surface area contributed by atoms with Gasteiger partial charge < -0.3 is 10.5 Å². The van der Waals surface area contributed by atoms with Gasteiger partial charge in [-0.1, -0.05) is 18.2 Å². The van der Waals surface area contributed by atoms with Crippen LogP contribution >= 0.6 is 12.6 Å². The van der Waals surface area contributed by atoms with Crippen molar-refractivity contribution < 1.29 is 4.74 Å². The molecular weight excluding hydrogens is 194 g/mol. The maximum Gasteiger partial charge on any atom is 0.141 e. The van der Waals surface area contributed by atoms with E-state index >= 15 is 0 Å². The molecule has 0 amide bonds. The van der Waals surface area contributed by atoms with E-state index in [2.05, 4.69) is 18.7 Å². The van der Waals surface area contributed by atoms with Gasteiger partial charge in [0.1, 0.15) is 5.75 Å². The zero-order valence-electron chi connectivity index (χ0n) is 8.23. The van der Waals surface area contributed by atoms with E-state index in [1.54, 1.807) is 7.11 Å². The van der Waals surface area contributed by atoms with Crippen LogP contribution in [-0.2, 0) is 0 Å². The van der Waals surface area contributed by atoms with Crippen LogP contribution in [0.1, 0.15) is 12.0 Å². The minimum absolute atomic E-state index is 0.667. The van der Waals surface area contributed by atoms with Gasteiger partial charge in [-0.15, -0.1) is 0 Å². The van der Waals surface area contributed by atoms with E-state index < -0.39 is 0 Å². The lowest BCUT2D eigenvalue weighted by Gasteiger charge is -2.04. The van der Waals surface area contributed by atoms with Crippen LogP contribution in [0, 0.1) is 0 Å². The van der Waals surface area contributed by atoms with E-state index in [0.717, 1.165) is 23.5 Å². The lowest BCUT2D eigenvalue weighted by molar-refractivity contribution is 0.417. The lowest BCUT2D eigenvalue weighted by atomic mass is 10.1. The predicted octanol–water partition coefficient (Wildman–Crippen LogP) is 2.61. The van der Waals surface area contributed by atoms with E-state index in [0.29, 0.717) is 5.69 Å². The van der Waals surface area contributed by atoms with Crippen molar-refractivity contribution in [2.75, 3.05) is 18.6 Å². The number of thiol groups is 1. The van der Waals surface area contributed by atoms with Gasteiger partial charge in [0.05, 0.1) is 12.8 Å². The third kappa shape index (κ3) is 3.00. The standard InChI is InChI=1S/C11H15NOS/c1-13-11-6-5-9(8-10(11)12)4-2-3-7-14/h2,4-6,8,14H,3,7,12H2,1H3. The number of anilines is 1. The van der Waals surface area contributed by atoms with Gasteiger partial charge in [-0.05, 0) is 29.9 Å². The predicted molar refractivity (Wildman–Crippen MR) is 64.9 cm³/mol. The summed E-state index contributed by atoms with van der Waals surface area (Å²) in [6.07, 6.45) is 5.08. The summed E-state index contributed by atoms with van der Waals surface area (Å²) in [6.45, 7) is 0. The third-order valence-corrected chi connectivity index (χ3v) is 2.12. The lowest BCUT2D eigenvalue weighted by Crippen LogP contribution is -1.92. The van der Waals surface area contributed by atoms with Crippen molar-refractivity contribution in [3.8, 4) is 5.75 Å². The van der Waals surface area contributed by atoms with E-state index in [-0.39, 0.29) is 0 Å². The maximum atomic E-state index is 5.76. The van der Waals surface area contributed by atoms with Crippen LogP contribution in [0.4, 0.5) is 5.69 Å². The van der Waals surface area contributed by atoms with Gasteiger partial charge >= 0.3 is 0 Å². The molecule has 0 saturated heterocycles. The second-order valence-electron chi connectivity index (χ2n) is 2.92. The second kappa shape index (κ2) is 5.60. The summed E-state index contributed by atoms with van der Waals surface area (Å²) in [5, 5.41) is 0. The van der Waals surface area contributed by atoms with Crippen molar-refractivity contribution in [1.29, 1.82) is 0 Å². The summed E-state index contributed by atoms with van der Waals surface area (Å²) in [5.41, 5.74) is 7.52. The average molecular weight is 209 g/mol. The van der Waals surface area contributed by atoms with E-state index in [1.165, 1.54) is 0 Å². The molecule has 3 heteroatoms. The number of rotatable bonds is 4. The van der Waals surface area contributed by atoms with Crippen LogP contribution in [0.5, 0.6) is 5.75 Å². The minimum Gasteiger partial charge on any atom is -0.495 e. The number of hydrogen-bond donors (Lipinski definition) is 2. The molecule has 0 aliphatic heterocycles. The van der Waals surface area contributed by atoms with Crippen molar-refractivity contribution in [3.63, 3.8) is 0 Å². The largest absolute Gasteiger partial charge is 0.495 e. The Hall–Kier alpha value is -1.09. The first-order valence-electron chi connectivity index (χ1n) is 4.49. The van der Waals surface area contributed by atoms with Crippen LogP contribution < -0.4 is 10.5 Å². The third-order valence-electron chi connectivity index (χ3n) is 1.86. The number of benzene rings is 1. The Bertz CT molecular complexity index is 323.